The maximum atomic E-state index is 11.3. The first-order valence-electron chi connectivity index (χ1n) is 10.1. The minimum Gasteiger partial charge on any atom is -0.494 e. The van der Waals surface area contributed by atoms with Crippen LogP contribution in [0, 0.1) is 5.92 Å². The van der Waals surface area contributed by atoms with Crippen LogP contribution < -0.4 is 4.74 Å². The van der Waals surface area contributed by atoms with E-state index in [1.54, 1.807) is 0 Å². The van der Waals surface area contributed by atoms with Crippen LogP contribution in [0.15, 0.2) is 72.9 Å². The maximum absolute atomic E-state index is 11.3. The van der Waals surface area contributed by atoms with E-state index in [0.29, 0.717) is 12.5 Å². The highest BCUT2D eigenvalue weighted by Gasteiger charge is 2.03. The minimum atomic E-state index is -0.233. The summed E-state index contributed by atoms with van der Waals surface area (Å²) >= 11 is 0. The molecule has 1 aromatic rings. The quantitative estimate of drug-likeness (QED) is 0.176. The van der Waals surface area contributed by atoms with Gasteiger partial charge in [0.1, 0.15) is 5.75 Å². The third-order valence-corrected chi connectivity index (χ3v) is 4.15. The van der Waals surface area contributed by atoms with E-state index in [4.69, 9.17) is 4.74 Å². The topological polar surface area (TPSA) is 35.5 Å². The molecule has 0 aliphatic rings. The molecule has 0 heterocycles. The lowest BCUT2D eigenvalue weighted by Crippen LogP contribution is -2.05. The van der Waals surface area contributed by atoms with Gasteiger partial charge in [-0.05, 0) is 49.3 Å². The summed E-state index contributed by atoms with van der Waals surface area (Å²) in [6.45, 7) is 5.00. The summed E-state index contributed by atoms with van der Waals surface area (Å²) in [4.78, 5) is 11.3. The molecule has 0 unspecified atom stereocenters. The Hall–Kier alpha value is -2.55. The molecule has 0 N–H and O–H groups in total. The summed E-state index contributed by atoms with van der Waals surface area (Å²) in [5.41, 5.74) is 0.925. The average molecular weight is 383 g/mol. The Morgan fingerprint density at radius 2 is 1.71 bits per heavy atom. The highest BCUT2D eigenvalue weighted by molar-refractivity contribution is 5.72. The van der Waals surface area contributed by atoms with Crippen molar-refractivity contribution in [3.8, 4) is 5.75 Å². The van der Waals surface area contributed by atoms with Crippen molar-refractivity contribution in [2.75, 3.05) is 13.7 Å². The van der Waals surface area contributed by atoms with Crippen LogP contribution in [0.25, 0.3) is 0 Å². The van der Waals surface area contributed by atoms with Crippen molar-refractivity contribution in [1.29, 1.82) is 0 Å². The number of rotatable bonds is 13. The molecule has 0 aliphatic carbocycles. The molecule has 0 aliphatic heterocycles. The van der Waals surface area contributed by atoms with Gasteiger partial charge in [0.05, 0.1) is 20.1 Å². The number of methoxy groups -OCH3 is 1. The number of allylic oxidation sites excluding steroid dienone is 8. The molecular weight excluding hydrogens is 348 g/mol. The van der Waals surface area contributed by atoms with Gasteiger partial charge in [-0.2, -0.15) is 0 Å². The number of esters is 1. The third kappa shape index (κ3) is 11.9. The number of benzene rings is 1. The normalized spacial score (nSPS) is 13.1. The molecule has 152 valence electrons. The SMILES string of the molecule is CC/C=C\CC/C=C/C=C\C=C\[C@@H](C)CCOc1ccc(CC(=O)OC)cc1. The van der Waals surface area contributed by atoms with E-state index in [9.17, 15) is 4.79 Å². The molecule has 0 bridgehead atoms. The van der Waals surface area contributed by atoms with Crippen LogP contribution in [0.2, 0.25) is 0 Å². The van der Waals surface area contributed by atoms with Gasteiger partial charge in [0.15, 0.2) is 0 Å². The van der Waals surface area contributed by atoms with E-state index >= 15 is 0 Å². The van der Waals surface area contributed by atoms with E-state index in [2.05, 4.69) is 67.2 Å². The molecule has 3 heteroatoms. The summed E-state index contributed by atoms with van der Waals surface area (Å²) in [6, 6.07) is 7.58. The Labute approximate surface area is 170 Å². The molecule has 0 amide bonds. The molecule has 3 nitrogen and oxygen atoms in total. The number of unbranched alkanes of at least 4 members (excludes halogenated alkanes) is 1. The largest absolute Gasteiger partial charge is 0.494 e. The zero-order valence-corrected chi connectivity index (χ0v) is 17.5. The zero-order chi connectivity index (χ0) is 20.5. The Morgan fingerprint density at radius 3 is 2.43 bits per heavy atom. The van der Waals surface area contributed by atoms with Crippen LogP contribution in [0.3, 0.4) is 0 Å². The molecule has 0 spiro atoms. The number of carbonyl (C=O) groups excluding carboxylic acids is 1. The average Bonchev–Trinajstić information content (AvgIpc) is 2.70. The van der Waals surface area contributed by atoms with Gasteiger partial charge in [-0.3, -0.25) is 4.79 Å². The summed E-state index contributed by atoms with van der Waals surface area (Å²) in [7, 11) is 1.40. The molecular formula is C25H34O3. The molecule has 0 radical (unpaired) electrons. The van der Waals surface area contributed by atoms with Crippen LogP contribution in [-0.4, -0.2) is 19.7 Å². The first-order chi connectivity index (χ1) is 13.7. The number of hydrogen-bond donors (Lipinski definition) is 0. The van der Waals surface area contributed by atoms with Gasteiger partial charge in [0.2, 0.25) is 0 Å². The van der Waals surface area contributed by atoms with Crippen molar-refractivity contribution in [3.05, 3.63) is 78.4 Å². The van der Waals surface area contributed by atoms with Crippen LogP contribution in [0.1, 0.15) is 45.1 Å². The van der Waals surface area contributed by atoms with E-state index in [1.165, 1.54) is 7.11 Å². The Morgan fingerprint density at radius 1 is 1.00 bits per heavy atom. The second-order valence-electron chi connectivity index (χ2n) is 6.67. The fourth-order valence-corrected chi connectivity index (χ4v) is 2.44. The van der Waals surface area contributed by atoms with Gasteiger partial charge >= 0.3 is 5.97 Å². The van der Waals surface area contributed by atoms with E-state index < -0.39 is 0 Å². The lowest BCUT2D eigenvalue weighted by Gasteiger charge is -2.09. The molecule has 0 saturated carbocycles. The molecule has 1 aromatic carbocycles. The standard InChI is InChI=1S/C25H34O3/c1-4-5-6-7-8-9-10-11-12-13-14-22(2)19-20-28-24-17-15-23(16-18-24)21-25(26)27-3/h5-6,9-18,22H,4,7-8,19-21H2,1-3H3/b6-5-,10-9+,12-11-,14-13+/t22-/m1/s1. The van der Waals surface area contributed by atoms with Crippen molar-refractivity contribution >= 4 is 5.97 Å². The van der Waals surface area contributed by atoms with E-state index in [0.717, 1.165) is 37.0 Å². The molecule has 1 atom stereocenters. The van der Waals surface area contributed by atoms with Gasteiger partial charge in [0, 0.05) is 0 Å². The van der Waals surface area contributed by atoms with Gasteiger partial charge in [-0.1, -0.05) is 74.6 Å². The molecule has 28 heavy (non-hydrogen) atoms. The highest BCUT2D eigenvalue weighted by Crippen LogP contribution is 2.14. The van der Waals surface area contributed by atoms with Crippen LogP contribution in [0.5, 0.6) is 5.75 Å². The lowest BCUT2D eigenvalue weighted by atomic mass is 10.1. The fraction of sp³-hybridized carbons (Fsp3) is 0.400. The van der Waals surface area contributed by atoms with Crippen molar-refractivity contribution in [3.63, 3.8) is 0 Å². The molecule has 0 saturated heterocycles. The lowest BCUT2D eigenvalue weighted by molar-refractivity contribution is -0.139. The first-order valence-corrected chi connectivity index (χ1v) is 10.1. The summed E-state index contributed by atoms with van der Waals surface area (Å²) in [5.74, 6) is 1.04. The first kappa shape index (κ1) is 23.5. The second kappa shape index (κ2) is 15.5. The van der Waals surface area contributed by atoms with E-state index in [-0.39, 0.29) is 12.4 Å². The summed E-state index contributed by atoms with van der Waals surface area (Å²) < 4.78 is 10.4. The van der Waals surface area contributed by atoms with Crippen LogP contribution >= 0.6 is 0 Å². The predicted octanol–water partition coefficient (Wildman–Crippen LogP) is 6.22. The monoisotopic (exact) mass is 382 g/mol. The highest BCUT2D eigenvalue weighted by atomic mass is 16.5. The van der Waals surface area contributed by atoms with Crippen LogP contribution in [0.4, 0.5) is 0 Å². The Balaban J connectivity index is 2.20. The summed E-state index contributed by atoms with van der Waals surface area (Å²) in [5, 5.41) is 0. The fourth-order valence-electron chi connectivity index (χ4n) is 2.44. The van der Waals surface area contributed by atoms with Crippen molar-refractivity contribution < 1.29 is 14.3 Å². The smallest absolute Gasteiger partial charge is 0.309 e. The molecule has 0 aromatic heterocycles. The second-order valence-corrected chi connectivity index (χ2v) is 6.67. The van der Waals surface area contributed by atoms with Crippen molar-refractivity contribution in [1.82, 2.24) is 0 Å². The Kier molecular flexibility index (Phi) is 13.0. The number of hydrogen-bond acceptors (Lipinski definition) is 3. The van der Waals surface area contributed by atoms with Gasteiger partial charge < -0.3 is 9.47 Å². The molecule has 1 rings (SSSR count). The summed E-state index contributed by atoms with van der Waals surface area (Å²) in [6.07, 6.45) is 21.7. The van der Waals surface area contributed by atoms with Gasteiger partial charge in [-0.15, -0.1) is 0 Å². The minimum absolute atomic E-state index is 0.233. The molecule has 0 fully saturated rings. The van der Waals surface area contributed by atoms with Gasteiger partial charge in [0.25, 0.3) is 0 Å². The van der Waals surface area contributed by atoms with Crippen molar-refractivity contribution in [2.45, 2.75) is 46.0 Å². The zero-order valence-electron chi connectivity index (χ0n) is 17.5. The predicted molar refractivity (Wildman–Crippen MR) is 118 cm³/mol. The van der Waals surface area contributed by atoms with Gasteiger partial charge in [-0.25, -0.2) is 0 Å². The van der Waals surface area contributed by atoms with E-state index in [1.807, 2.05) is 24.3 Å². The van der Waals surface area contributed by atoms with Crippen molar-refractivity contribution in [2.24, 2.45) is 5.92 Å². The Bertz CT molecular complexity index is 651. The number of ether oxygens (including phenoxy) is 2. The van der Waals surface area contributed by atoms with Crippen LogP contribution in [-0.2, 0) is 16.0 Å². The third-order valence-electron chi connectivity index (χ3n) is 4.15. The number of carbonyl (C=O) groups is 1. The maximum Gasteiger partial charge on any atom is 0.309 e.